The molecule has 0 heterocycles. The Labute approximate surface area is 123 Å². The Balaban J connectivity index is 2.73. The third-order valence-corrected chi connectivity index (χ3v) is 3.77. The molecule has 0 radical (unpaired) electrons. The maximum Gasteiger partial charge on any atom is 0.251 e. The average Bonchev–Trinajstić information content (AvgIpc) is 2.48. The molecule has 0 aliphatic heterocycles. The van der Waals surface area contributed by atoms with Gasteiger partial charge < -0.3 is 41.6 Å². The zero-order chi connectivity index (χ0) is 16.2. The largest absolute Gasteiger partial charge is 0.389 e. The number of hydrogen-bond acceptors (Lipinski definition) is 8. The second-order valence-electron chi connectivity index (χ2n) is 5.15. The number of nitrogens with two attached hydrogens (primary N) is 2. The van der Waals surface area contributed by atoms with Gasteiger partial charge in [-0.15, -0.1) is 0 Å². The van der Waals surface area contributed by atoms with Crippen LogP contribution in [0.4, 0.5) is 0 Å². The third-order valence-electron chi connectivity index (χ3n) is 3.77. The van der Waals surface area contributed by atoms with Crippen molar-refractivity contribution in [2.75, 3.05) is 20.8 Å². The van der Waals surface area contributed by atoms with E-state index in [9.17, 15) is 20.1 Å². The van der Waals surface area contributed by atoms with Crippen LogP contribution in [-0.4, -0.2) is 84.6 Å². The number of aliphatic hydroxyl groups is 3. The molecular weight excluding hydrogens is 282 g/mol. The summed E-state index contributed by atoms with van der Waals surface area (Å²) in [4.78, 5) is 11.8. The average molecular weight is 307 g/mol. The summed E-state index contributed by atoms with van der Waals surface area (Å²) < 4.78 is 10.4. The second kappa shape index (κ2) is 7.99. The summed E-state index contributed by atoms with van der Waals surface area (Å²) in [5.74, 6) is -0.824. The Hall–Kier alpha value is -0.810. The summed E-state index contributed by atoms with van der Waals surface area (Å²) >= 11 is 0. The van der Waals surface area contributed by atoms with Gasteiger partial charge in [0.05, 0.1) is 6.04 Å². The minimum atomic E-state index is -1.67. The van der Waals surface area contributed by atoms with Crippen LogP contribution in [0.2, 0.25) is 0 Å². The normalized spacial score (nSPS) is 36.0. The Morgan fingerprint density at radius 2 is 1.90 bits per heavy atom. The SMILES string of the molecule is CO[C@@H]1[C@@H](O)[C@H](NC(=O)C(O)C(O)CN)C[C@H](N)[C@H]1OC. The minimum absolute atomic E-state index is 0.247. The van der Waals surface area contributed by atoms with Crippen LogP contribution >= 0.6 is 0 Å². The topological polar surface area (TPSA) is 160 Å². The fourth-order valence-electron chi connectivity index (χ4n) is 2.53. The quantitative estimate of drug-likeness (QED) is 0.292. The van der Waals surface area contributed by atoms with Gasteiger partial charge in [0, 0.05) is 26.8 Å². The van der Waals surface area contributed by atoms with Gasteiger partial charge in [-0.2, -0.15) is 0 Å². The van der Waals surface area contributed by atoms with E-state index in [2.05, 4.69) is 5.32 Å². The van der Waals surface area contributed by atoms with Crippen molar-refractivity contribution in [3.63, 3.8) is 0 Å². The molecule has 0 aromatic heterocycles. The Bertz CT molecular complexity index is 345. The van der Waals surface area contributed by atoms with E-state index in [4.69, 9.17) is 20.9 Å². The van der Waals surface area contributed by atoms with Gasteiger partial charge in [0.15, 0.2) is 6.10 Å². The van der Waals surface area contributed by atoms with Gasteiger partial charge in [-0.1, -0.05) is 0 Å². The van der Waals surface area contributed by atoms with Crippen molar-refractivity contribution < 1.29 is 29.6 Å². The van der Waals surface area contributed by atoms with Gasteiger partial charge in [0.2, 0.25) is 0 Å². The third kappa shape index (κ3) is 4.10. The van der Waals surface area contributed by atoms with Gasteiger partial charge >= 0.3 is 0 Å². The highest BCUT2D eigenvalue weighted by Crippen LogP contribution is 2.23. The first-order valence-corrected chi connectivity index (χ1v) is 6.73. The van der Waals surface area contributed by atoms with Crippen LogP contribution in [0.15, 0.2) is 0 Å². The van der Waals surface area contributed by atoms with Crippen molar-refractivity contribution in [2.24, 2.45) is 11.5 Å². The van der Waals surface area contributed by atoms with Gasteiger partial charge in [0.1, 0.15) is 24.4 Å². The number of methoxy groups -OCH3 is 2. The lowest BCUT2D eigenvalue weighted by Crippen LogP contribution is -2.65. The first kappa shape index (κ1) is 18.2. The molecule has 1 fully saturated rings. The van der Waals surface area contributed by atoms with Gasteiger partial charge in [-0.3, -0.25) is 4.79 Å². The molecule has 1 aliphatic rings. The van der Waals surface area contributed by atoms with Gasteiger partial charge in [-0.05, 0) is 6.42 Å². The summed E-state index contributed by atoms with van der Waals surface area (Å²) in [7, 11) is 2.87. The van der Waals surface area contributed by atoms with Crippen LogP contribution in [0.25, 0.3) is 0 Å². The number of ether oxygens (including phenoxy) is 2. The fourth-order valence-corrected chi connectivity index (χ4v) is 2.53. The second-order valence-corrected chi connectivity index (χ2v) is 5.15. The number of hydrogen-bond donors (Lipinski definition) is 6. The number of rotatable bonds is 6. The molecule has 7 atom stereocenters. The highest BCUT2D eigenvalue weighted by atomic mass is 16.5. The Kier molecular flexibility index (Phi) is 6.94. The molecule has 9 nitrogen and oxygen atoms in total. The molecule has 1 aliphatic carbocycles. The number of amides is 1. The molecule has 8 N–H and O–H groups in total. The van der Waals surface area contributed by atoms with Crippen molar-refractivity contribution in [3.05, 3.63) is 0 Å². The molecule has 0 saturated heterocycles. The lowest BCUT2D eigenvalue weighted by molar-refractivity contribution is -0.148. The van der Waals surface area contributed by atoms with Crippen LogP contribution in [0.3, 0.4) is 0 Å². The van der Waals surface area contributed by atoms with E-state index >= 15 is 0 Å². The maximum atomic E-state index is 11.8. The molecule has 0 aromatic rings. The number of carbonyl (C=O) groups excluding carboxylic acids is 1. The molecule has 0 aromatic carbocycles. The summed E-state index contributed by atoms with van der Waals surface area (Å²) in [5, 5.41) is 31.6. The van der Waals surface area contributed by atoms with E-state index in [0.717, 1.165) is 0 Å². The van der Waals surface area contributed by atoms with Gasteiger partial charge in [-0.25, -0.2) is 0 Å². The molecule has 9 heteroatoms. The van der Waals surface area contributed by atoms with Crippen molar-refractivity contribution in [1.82, 2.24) is 5.32 Å². The lowest BCUT2D eigenvalue weighted by Gasteiger charge is -2.42. The van der Waals surface area contributed by atoms with Crippen LogP contribution in [0, 0.1) is 0 Å². The molecule has 0 bridgehead atoms. The highest BCUT2D eigenvalue weighted by Gasteiger charge is 2.44. The monoisotopic (exact) mass is 307 g/mol. The molecule has 21 heavy (non-hydrogen) atoms. The highest BCUT2D eigenvalue weighted by molar-refractivity contribution is 5.81. The molecule has 2 unspecified atom stereocenters. The number of aliphatic hydroxyl groups excluding tert-OH is 3. The van der Waals surface area contributed by atoms with Crippen LogP contribution in [0.5, 0.6) is 0 Å². The maximum absolute atomic E-state index is 11.8. The molecule has 0 spiro atoms. The van der Waals surface area contributed by atoms with E-state index in [1.54, 1.807) is 0 Å². The Morgan fingerprint density at radius 1 is 1.33 bits per heavy atom. The predicted molar refractivity (Wildman–Crippen MR) is 73.2 cm³/mol. The Morgan fingerprint density at radius 3 is 2.38 bits per heavy atom. The first-order chi connectivity index (χ1) is 9.87. The summed E-state index contributed by atoms with van der Waals surface area (Å²) in [5.41, 5.74) is 11.1. The van der Waals surface area contributed by atoms with Crippen LogP contribution in [-0.2, 0) is 14.3 Å². The van der Waals surface area contributed by atoms with E-state index < -0.39 is 48.5 Å². The van der Waals surface area contributed by atoms with E-state index in [1.165, 1.54) is 14.2 Å². The van der Waals surface area contributed by atoms with Crippen LogP contribution < -0.4 is 16.8 Å². The van der Waals surface area contributed by atoms with Crippen LogP contribution in [0.1, 0.15) is 6.42 Å². The van der Waals surface area contributed by atoms with Gasteiger partial charge in [0.25, 0.3) is 5.91 Å². The predicted octanol–water partition coefficient (Wildman–Crippen LogP) is -3.73. The summed E-state index contributed by atoms with van der Waals surface area (Å²) in [6.45, 7) is -0.256. The number of nitrogens with one attached hydrogen (secondary N) is 1. The zero-order valence-electron chi connectivity index (χ0n) is 12.2. The smallest absolute Gasteiger partial charge is 0.251 e. The first-order valence-electron chi connectivity index (χ1n) is 6.73. The van der Waals surface area contributed by atoms with Crippen molar-refractivity contribution in [1.29, 1.82) is 0 Å². The minimum Gasteiger partial charge on any atom is -0.389 e. The van der Waals surface area contributed by atoms with E-state index in [1.807, 2.05) is 0 Å². The standard InChI is InChI=1S/C12H25N3O6/c1-20-10-5(14)3-6(8(17)11(10)21-2)15-12(19)9(18)7(16)4-13/h5-11,16-18H,3-4,13-14H2,1-2H3,(H,15,19)/t5-,6+,7?,8-,9?,10+,11+/m0/s1. The molecule has 1 saturated carbocycles. The van der Waals surface area contributed by atoms with Crippen molar-refractivity contribution >= 4 is 5.91 Å². The zero-order valence-corrected chi connectivity index (χ0v) is 12.2. The summed E-state index contributed by atoms with van der Waals surface area (Å²) in [6.07, 6.45) is -5.05. The van der Waals surface area contributed by atoms with E-state index in [0.29, 0.717) is 0 Å². The molecular formula is C12H25N3O6. The molecule has 1 amide bonds. The molecule has 1 rings (SSSR count). The number of carbonyl (C=O) groups is 1. The van der Waals surface area contributed by atoms with E-state index in [-0.39, 0.29) is 13.0 Å². The summed E-state index contributed by atoms with van der Waals surface area (Å²) in [6, 6.07) is -1.17. The fraction of sp³-hybridized carbons (Fsp3) is 0.917. The molecule has 124 valence electrons. The van der Waals surface area contributed by atoms with Crippen molar-refractivity contribution in [2.45, 2.75) is 49.0 Å². The lowest BCUT2D eigenvalue weighted by atomic mass is 9.84. The van der Waals surface area contributed by atoms with Crippen molar-refractivity contribution in [3.8, 4) is 0 Å².